The highest BCUT2D eigenvalue weighted by molar-refractivity contribution is 5.89. The average Bonchev–Trinajstić information content (AvgIpc) is 2.84. The van der Waals surface area contributed by atoms with Crippen LogP contribution in [0.25, 0.3) is 0 Å². The molecule has 4 rings (SSSR count). The van der Waals surface area contributed by atoms with Crippen molar-refractivity contribution in [2.24, 2.45) is 11.8 Å². The van der Waals surface area contributed by atoms with E-state index >= 15 is 0 Å². The smallest absolute Gasteiger partial charge is 0.338 e. The topological polar surface area (TPSA) is 26.3 Å². The summed E-state index contributed by atoms with van der Waals surface area (Å²) in [6.07, 6.45) is 16.3. The van der Waals surface area contributed by atoms with Crippen LogP contribution in [0.4, 0.5) is 0 Å². The molecule has 2 aliphatic carbocycles. The largest absolute Gasteiger partial charge is 0.459 e. The molecule has 0 spiro atoms. The molecule has 0 atom stereocenters. The molecule has 0 heterocycles. The third-order valence-corrected chi connectivity index (χ3v) is 7.51. The zero-order valence-electron chi connectivity index (χ0n) is 18.9. The lowest BCUT2D eigenvalue weighted by atomic mass is 9.77. The lowest BCUT2D eigenvalue weighted by Crippen LogP contribution is -2.20. The van der Waals surface area contributed by atoms with Gasteiger partial charge in [0.1, 0.15) is 6.10 Å². The second-order valence-corrected chi connectivity index (χ2v) is 9.81. The van der Waals surface area contributed by atoms with Gasteiger partial charge in [0.25, 0.3) is 0 Å². The van der Waals surface area contributed by atoms with E-state index in [9.17, 15) is 4.79 Å². The SMILES string of the molecule is O=C(OC1CCCCC1)c1ccc(CCC2CCC(CCc3ccccc3)CC2)cc1. The van der Waals surface area contributed by atoms with Gasteiger partial charge in [0.2, 0.25) is 0 Å². The van der Waals surface area contributed by atoms with E-state index in [0.717, 1.165) is 31.1 Å². The van der Waals surface area contributed by atoms with Gasteiger partial charge in [-0.3, -0.25) is 0 Å². The molecule has 166 valence electrons. The fraction of sp³-hybridized carbons (Fsp3) is 0.552. The maximum Gasteiger partial charge on any atom is 0.338 e. The van der Waals surface area contributed by atoms with Gasteiger partial charge in [-0.25, -0.2) is 4.79 Å². The van der Waals surface area contributed by atoms with Crippen molar-refractivity contribution >= 4 is 5.97 Å². The quantitative estimate of drug-likeness (QED) is 0.414. The van der Waals surface area contributed by atoms with Crippen LogP contribution < -0.4 is 0 Å². The van der Waals surface area contributed by atoms with E-state index in [1.807, 2.05) is 12.1 Å². The molecular weight excluding hydrogens is 380 g/mol. The fourth-order valence-electron chi connectivity index (χ4n) is 5.40. The number of rotatable bonds is 8. The normalized spacial score (nSPS) is 22.2. The van der Waals surface area contributed by atoms with Crippen molar-refractivity contribution in [3.63, 3.8) is 0 Å². The van der Waals surface area contributed by atoms with Crippen LogP contribution in [0.2, 0.25) is 0 Å². The molecule has 2 aromatic carbocycles. The molecule has 0 radical (unpaired) electrons. The van der Waals surface area contributed by atoms with Crippen molar-refractivity contribution in [3.05, 3.63) is 71.3 Å². The van der Waals surface area contributed by atoms with Crippen molar-refractivity contribution in [2.45, 2.75) is 89.6 Å². The molecule has 2 heteroatoms. The third-order valence-electron chi connectivity index (χ3n) is 7.51. The summed E-state index contributed by atoms with van der Waals surface area (Å²) in [7, 11) is 0. The minimum atomic E-state index is -0.146. The van der Waals surface area contributed by atoms with E-state index in [2.05, 4.69) is 42.5 Å². The van der Waals surface area contributed by atoms with E-state index in [-0.39, 0.29) is 12.1 Å². The monoisotopic (exact) mass is 418 g/mol. The van der Waals surface area contributed by atoms with Crippen molar-refractivity contribution in [1.82, 2.24) is 0 Å². The zero-order chi connectivity index (χ0) is 21.3. The van der Waals surface area contributed by atoms with Crippen LogP contribution in [0, 0.1) is 11.8 Å². The minimum Gasteiger partial charge on any atom is -0.459 e. The summed E-state index contributed by atoms with van der Waals surface area (Å²) in [5.41, 5.74) is 3.53. The van der Waals surface area contributed by atoms with Crippen LogP contribution in [-0.4, -0.2) is 12.1 Å². The van der Waals surface area contributed by atoms with Crippen LogP contribution >= 0.6 is 0 Å². The Labute approximate surface area is 188 Å². The first-order chi connectivity index (χ1) is 15.3. The Balaban J connectivity index is 1.15. The average molecular weight is 419 g/mol. The van der Waals surface area contributed by atoms with Gasteiger partial charge >= 0.3 is 5.97 Å². The highest BCUT2D eigenvalue weighted by Gasteiger charge is 2.21. The Morgan fingerprint density at radius 1 is 0.677 bits per heavy atom. The number of esters is 1. The van der Waals surface area contributed by atoms with Crippen LogP contribution in [0.5, 0.6) is 0 Å². The number of hydrogen-bond acceptors (Lipinski definition) is 2. The number of ether oxygens (including phenoxy) is 1. The van der Waals surface area contributed by atoms with E-state index in [0.29, 0.717) is 5.56 Å². The van der Waals surface area contributed by atoms with Gasteiger partial charge in [-0.15, -0.1) is 0 Å². The maximum atomic E-state index is 12.4. The zero-order valence-corrected chi connectivity index (χ0v) is 18.9. The van der Waals surface area contributed by atoms with Crippen molar-refractivity contribution in [3.8, 4) is 0 Å². The van der Waals surface area contributed by atoms with Gasteiger partial charge in [0, 0.05) is 0 Å². The van der Waals surface area contributed by atoms with Crippen molar-refractivity contribution in [2.75, 3.05) is 0 Å². The van der Waals surface area contributed by atoms with Gasteiger partial charge in [-0.1, -0.05) is 74.6 Å². The molecule has 0 aromatic heterocycles. The highest BCUT2D eigenvalue weighted by Crippen LogP contribution is 2.34. The van der Waals surface area contributed by atoms with Crippen molar-refractivity contribution in [1.29, 1.82) is 0 Å². The first-order valence-electron chi connectivity index (χ1n) is 12.6. The summed E-state index contributed by atoms with van der Waals surface area (Å²) in [6.45, 7) is 0. The van der Waals surface area contributed by atoms with Gasteiger partial charge < -0.3 is 4.74 Å². The number of benzene rings is 2. The third kappa shape index (κ3) is 6.95. The first kappa shape index (κ1) is 22.1. The van der Waals surface area contributed by atoms with Gasteiger partial charge in [0.15, 0.2) is 0 Å². The Bertz CT molecular complexity index is 781. The lowest BCUT2D eigenvalue weighted by molar-refractivity contribution is 0.0211. The van der Waals surface area contributed by atoms with Gasteiger partial charge in [-0.05, 0) is 86.5 Å². The summed E-state index contributed by atoms with van der Waals surface area (Å²) in [5.74, 6) is 1.63. The standard InChI is InChI=1S/C29H38O2/c30-29(31-28-9-5-2-6-10-28)27-21-19-26(20-22-27)18-17-25-15-13-24(14-16-25)12-11-23-7-3-1-4-8-23/h1,3-4,7-8,19-22,24-25,28H,2,5-6,9-18H2. The van der Waals surface area contributed by atoms with Crippen LogP contribution in [-0.2, 0) is 17.6 Å². The molecule has 2 aliphatic rings. The minimum absolute atomic E-state index is 0.128. The molecule has 2 saturated carbocycles. The lowest BCUT2D eigenvalue weighted by Gasteiger charge is -2.28. The molecule has 31 heavy (non-hydrogen) atoms. The van der Waals surface area contributed by atoms with E-state index in [1.165, 1.54) is 75.3 Å². The summed E-state index contributed by atoms with van der Waals surface area (Å²) in [4.78, 5) is 12.4. The molecule has 0 amide bonds. The molecule has 0 N–H and O–H groups in total. The molecular formula is C29H38O2. The highest BCUT2D eigenvalue weighted by atomic mass is 16.5. The van der Waals surface area contributed by atoms with Crippen LogP contribution in [0.15, 0.2) is 54.6 Å². The van der Waals surface area contributed by atoms with Crippen LogP contribution in [0.3, 0.4) is 0 Å². The fourth-order valence-corrected chi connectivity index (χ4v) is 5.40. The molecule has 0 bridgehead atoms. The number of aryl methyl sites for hydroxylation is 2. The second kappa shape index (κ2) is 11.5. The summed E-state index contributed by atoms with van der Waals surface area (Å²) < 4.78 is 5.69. The maximum absolute atomic E-state index is 12.4. The number of hydrogen-bond donors (Lipinski definition) is 0. The molecule has 2 nitrogen and oxygen atoms in total. The Morgan fingerprint density at radius 3 is 1.81 bits per heavy atom. The van der Waals surface area contributed by atoms with E-state index in [4.69, 9.17) is 4.74 Å². The van der Waals surface area contributed by atoms with Crippen LogP contribution in [0.1, 0.15) is 92.1 Å². The van der Waals surface area contributed by atoms with E-state index in [1.54, 1.807) is 0 Å². The van der Waals surface area contributed by atoms with Crippen molar-refractivity contribution < 1.29 is 9.53 Å². The molecule has 2 fully saturated rings. The number of carbonyl (C=O) groups is 1. The van der Waals surface area contributed by atoms with Gasteiger partial charge in [-0.2, -0.15) is 0 Å². The first-order valence-corrected chi connectivity index (χ1v) is 12.6. The molecule has 0 unspecified atom stereocenters. The molecule has 0 saturated heterocycles. The number of carbonyl (C=O) groups excluding carboxylic acids is 1. The Morgan fingerprint density at radius 2 is 1.23 bits per heavy atom. The summed E-state index contributed by atoms with van der Waals surface area (Å²) in [6, 6.07) is 19.1. The summed E-state index contributed by atoms with van der Waals surface area (Å²) in [5, 5.41) is 0. The second-order valence-electron chi connectivity index (χ2n) is 9.81. The molecule has 0 aliphatic heterocycles. The summed E-state index contributed by atoms with van der Waals surface area (Å²) >= 11 is 0. The molecule has 2 aromatic rings. The van der Waals surface area contributed by atoms with Gasteiger partial charge in [0.05, 0.1) is 5.56 Å². The Hall–Kier alpha value is -2.09. The van der Waals surface area contributed by atoms with E-state index < -0.39 is 0 Å². The predicted molar refractivity (Wildman–Crippen MR) is 127 cm³/mol. The Kier molecular flexibility index (Phi) is 8.21. The predicted octanol–water partition coefficient (Wildman–Crippen LogP) is 7.55.